The van der Waals surface area contributed by atoms with Crippen LogP contribution < -0.4 is 0 Å². The number of hydrogen-bond donors (Lipinski definition) is 0. The van der Waals surface area contributed by atoms with E-state index in [2.05, 4.69) is 20.0 Å². The van der Waals surface area contributed by atoms with Crippen LogP contribution in [0.25, 0.3) is 45.0 Å². The molecule has 1 aliphatic rings. The molecule has 2 aromatic heterocycles. The molecule has 0 atom stereocenters. The van der Waals surface area contributed by atoms with Crippen molar-refractivity contribution < 1.29 is 35.1 Å². The quantitative estimate of drug-likeness (QED) is 0.131. The molecule has 1 aliphatic carbocycles. The number of halogens is 8. The molecule has 7 rings (SSSR count). The Morgan fingerprint density at radius 2 is 0.630 bits per heavy atom. The summed E-state index contributed by atoms with van der Waals surface area (Å²) in [5.41, 5.74) is -2.42. The fourth-order valence-corrected chi connectivity index (χ4v) is 5.72. The van der Waals surface area contributed by atoms with Crippen molar-refractivity contribution in [2.75, 3.05) is 0 Å². The van der Waals surface area contributed by atoms with Gasteiger partial charge in [-0.15, -0.1) is 0 Å². The third-order valence-corrected chi connectivity index (χ3v) is 8.22. The highest BCUT2D eigenvalue weighted by molar-refractivity contribution is 6.29. The zero-order valence-corrected chi connectivity index (χ0v) is 26.8. The van der Waals surface area contributed by atoms with Crippen molar-refractivity contribution in [3.05, 3.63) is 143 Å². The van der Waals surface area contributed by atoms with E-state index >= 15 is 0 Å². The van der Waals surface area contributed by atoms with Crippen molar-refractivity contribution in [1.82, 2.24) is 19.9 Å². The normalized spacial score (nSPS) is 14.0. The molecule has 8 nitrogen and oxygen atoms in total. The minimum Gasteiger partial charge on any atom is -0.241 e. The van der Waals surface area contributed by atoms with Crippen molar-refractivity contribution in [3.8, 4) is 57.4 Å². The predicted octanol–water partition coefficient (Wildman–Crippen LogP) is 9.20. The second kappa shape index (κ2) is 13.4. The molecule has 0 amide bonds. The van der Waals surface area contributed by atoms with Gasteiger partial charge in [-0.25, -0.2) is 28.7 Å². The molecule has 6 aromatic rings. The first-order valence-corrected chi connectivity index (χ1v) is 15.4. The molecule has 264 valence electrons. The molecular weight excluding hydrogens is 720 g/mol. The van der Waals surface area contributed by atoms with E-state index in [0.717, 1.165) is 72.8 Å². The first kappa shape index (κ1) is 35.2. The van der Waals surface area contributed by atoms with Gasteiger partial charge in [0.05, 0.1) is 33.9 Å². The van der Waals surface area contributed by atoms with Gasteiger partial charge < -0.3 is 0 Å². The number of nitrogens with zero attached hydrogens (tertiary/aromatic N) is 8. The molecule has 0 saturated carbocycles. The lowest BCUT2D eigenvalue weighted by molar-refractivity contribution is -0.138. The Labute approximate surface area is 299 Å². The van der Waals surface area contributed by atoms with Crippen LogP contribution in [0.5, 0.6) is 0 Å². The number of aromatic nitrogens is 4. The molecule has 0 bridgehead atoms. The van der Waals surface area contributed by atoms with Crippen molar-refractivity contribution >= 4 is 11.4 Å². The molecule has 54 heavy (non-hydrogen) atoms. The smallest absolute Gasteiger partial charge is 0.241 e. The van der Waals surface area contributed by atoms with E-state index in [1.165, 1.54) is 24.3 Å². The average Bonchev–Trinajstić information content (AvgIpc) is 3.15. The van der Waals surface area contributed by atoms with Gasteiger partial charge in [0, 0.05) is 22.3 Å². The van der Waals surface area contributed by atoms with Crippen LogP contribution in [0, 0.1) is 34.5 Å². The zero-order valence-electron chi connectivity index (χ0n) is 26.8. The Hall–Kier alpha value is -7.20. The molecule has 2 heterocycles. The van der Waals surface area contributed by atoms with E-state index < -0.39 is 35.1 Å². The summed E-state index contributed by atoms with van der Waals surface area (Å²) in [4.78, 5) is 26.7. The number of alkyl halides is 6. The lowest BCUT2D eigenvalue weighted by Gasteiger charge is -2.23. The third-order valence-electron chi connectivity index (χ3n) is 8.22. The number of hydrogen-bond acceptors (Lipinski definition) is 8. The minimum atomic E-state index is -4.69. The molecule has 4 aromatic carbocycles. The fraction of sp³-hybridized carbons (Fsp3) is 0.0526. The summed E-state index contributed by atoms with van der Waals surface area (Å²) >= 11 is 0. The van der Waals surface area contributed by atoms with Gasteiger partial charge in [0.15, 0.2) is 0 Å². The van der Waals surface area contributed by atoms with Crippen LogP contribution in [0.4, 0.5) is 35.1 Å². The van der Waals surface area contributed by atoms with Crippen LogP contribution in [-0.2, 0) is 12.4 Å². The van der Waals surface area contributed by atoms with Gasteiger partial charge in [-0.1, -0.05) is 24.3 Å². The first-order chi connectivity index (χ1) is 25.8. The van der Waals surface area contributed by atoms with Gasteiger partial charge in [0.25, 0.3) is 0 Å². The maximum Gasteiger partial charge on any atom is 0.416 e. The standard InChI is InChI=1S/C38H16F8N8/c39-25-13-5-21(6-14-25)29-30(22-7-15-26(40)16-8-22)54-36-32(50-18-48)34-33(31(49-17-47)35(36)53-29)51-27(19-1-9-23(10-2-19)37(41,42)43)28(52-34)20-3-11-24(12-4-20)38(44,45)46/h1-16H. The van der Waals surface area contributed by atoms with E-state index in [1.54, 1.807) is 12.4 Å². The molecule has 0 N–H and O–H groups in total. The summed E-state index contributed by atoms with van der Waals surface area (Å²) < 4.78 is 109. The Balaban J connectivity index is 1.54. The molecule has 0 radical (unpaired) electrons. The highest BCUT2D eigenvalue weighted by atomic mass is 19.4. The fourth-order valence-electron chi connectivity index (χ4n) is 5.72. The predicted molar refractivity (Wildman–Crippen MR) is 178 cm³/mol. The van der Waals surface area contributed by atoms with Crippen LogP contribution in [-0.4, -0.2) is 31.4 Å². The summed E-state index contributed by atoms with van der Waals surface area (Å²) in [7, 11) is 0. The number of rotatable bonds is 4. The topological polar surface area (TPSA) is 124 Å². The van der Waals surface area contributed by atoms with E-state index in [-0.39, 0.29) is 68.1 Å². The minimum absolute atomic E-state index is 0.0545. The van der Waals surface area contributed by atoms with E-state index in [4.69, 9.17) is 9.97 Å². The SMILES string of the molecule is N#CN=C1c2nc(-c3ccc(F)cc3)c(-c3ccc(F)cc3)nc2C(=NC#N)c2nc(-c3ccc(C(F)(F)F)cc3)c(-c3ccc(C(F)(F)F)cc3)nc21. The molecule has 16 heteroatoms. The second-order valence-electron chi connectivity index (χ2n) is 11.5. The number of nitriles is 2. The molecule has 0 spiro atoms. The van der Waals surface area contributed by atoms with Crippen LogP contribution in [0.2, 0.25) is 0 Å². The summed E-state index contributed by atoms with van der Waals surface area (Å²) in [6.07, 6.45) is -6.06. The summed E-state index contributed by atoms with van der Waals surface area (Å²) in [6.45, 7) is 0. The van der Waals surface area contributed by atoms with Crippen LogP contribution in [0.1, 0.15) is 33.9 Å². The Bertz CT molecular complexity index is 2400. The molecule has 0 fully saturated rings. The summed E-state index contributed by atoms with van der Waals surface area (Å²) in [5, 5.41) is 19.7. The first-order valence-electron chi connectivity index (χ1n) is 15.4. The van der Waals surface area contributed by atoms with Crippen molar-refractivity contribution in [1.29, 1.82) is 10.5 Å². The Kier molecular flexibility index (Phi) is 8.74. The van der Waals surface area contributed by atoms with Gasteiger partial charge in [0.1, 0.15) is 45.8 Å². The van der Waals surface area contributed by atoms with Crippen LogP contribution >= 0.6 is 0 Å². The van der Waals surface area contributed by atoms with E-state index in [0.29, 0.717) is 11.1 Å². The van der Waals surface area contributed by atoms with Crippen molar-refractivity contribution in [2.24, 2.45) is 9.98 Å². The Morgan fingerprint density at radius 1 is 0.389 bits per heavy atom. The van der Waals surface area contributed by atoms with E-state index in [1.807, 2.05) is 0 Å². The molecule has 0 unspecified atom stereocenters. The van der Waals surface area contributed by atoms with Crippen LogP contribution in [0.15, 0.2) is 107 Å². The van der Waals surface area contributed by atoms with Gasteiger partial charge in [-0.3, -0.25) is 0 Å². The molecule has 0 saturated heterocycles. The summed E-state index contributed by atoms with van der Waals surface area (Å²) in [5.74, 6) is -1.13. The third kappa shape index (κ3) is 6.52. The van der Waals surface area contributed by atoms with Gasteiger partial charge in [-0.2, -0.15) is 46.9 Å². The maximum atomic E-state index is 14.0. The maximum absolute atomic E-state index is 14.0. The van der Waals surface area contributed by atoms with Gasteiger partial charge >= 0.3 is 12.4 Å². The van der Waals surface area contributed by atoms with Gasteiger partial charge in [-0.05, 0) is 72.8 Å². The monoisotopic (exact) mass is 736 g/mol. The van der Waals surface area contributed by atoms with E-state index in [9.17, 15) is 45.6 Å². The number of aliphatic imine (C=N–C) groups is 2. The summed E-state index contributed by atoms with van der Waals surface area (Å²) in [6, 6.07) is 17.8. The molecule has 0 aliphatic heterocycles. The second-order valence-corrected chi connectivity index (χ2v) is 11.5. The number of benzene rings is 4. The Morgan fingerprint density at radius 3 is 0.852 bits per heavy atom. The lowest BCUT2D eigenvalue weighted by Crippen LogP contribution is -2.29. The van der Waals surface area contributed by atoms with Crippen molar-refractivity contribution in [3.63, 3.8) is 0 Å². The van der Waals surface area contributed by atoms with Crippen molar-refractivity contribution in [2.45, 2.75) is 12.4 Å². The molecular formula is C38H16F8N8. The number of fused-ring (bicyclic) bond motifs is 2. The highest BCUT2D eigenvalue weighted by Gasteiger charge is 2.37. The zero-order chi connectivity index (χ0) is 38.4. The lowest BCUT2D eigenvalue weighted by atomic mass is 9.92. The largest absolute Gasteiger partial charge is 0.416 e. The average molecular weight is 737 g/mol. The van der Waals surface area contributed by atoms with Gasteiger partial charge in [0.2, 0.25) is 12.4 Å². The highest BCUT2D eigenvalue weighted by Crippen LogP contribution is 2.39. The van der Waals surface area contributed by atoms with Crippen LogP contribution in [0.3, 0.4) is 0 Å².